The number of amides is 1. The van der Waals surface area contributed by atoms with Crippen LogP contribution < -0.4 is 5.32 Å². The van der Waals surface area contributed by atoms with E-state index in [0.29, 0.717) is 6.42 Å². The van der Waals surface area contributed by atoms with Gasteiger partial charge in [-0.25, -0.2) is 4.98 Å². The van der Waals surface area contributed by atoms with E-state index in [1.54, 1.807) is 11.3 Å². The molecule has 2 aliphatic rings. The van der Waals surface area contributed by atoms with Gasteiger partial charge in [0, 0.05) is 11.3 Å². The first-order chi connectivity index (χ1) is 10.3. The molecule has 2 aliphatic carbocycles. The Bertz CT molecular complexity index is 454. The van der Waals surface area contributed by atoms with Gasteiger partial charge in [0.05, 0.1) is 5.69 Å². The molecule has 4 heteroatoms. The second-order valence-corrected chi connectivity index (χ2v) is 7.62. The summed E-state index contributed by atoms with van der Waals surface area (Å²) >= 11 is 1.70. The van der Waals surface area contributed by atoms with Crippen LogP contribution in [-0.4, -0.2) is 10.9 Å². The van der Waals surface area contributed by atoms with Gasteiger partial charge in [0.1, 0.15) is 0 Å². The fourth-order valence-electron chi connectivity index (χ4n) is 3.58. The molecule has 3 nitrogen and oxygen atoms in total. The third-order valence-corrected chi connectivity index (χ3v) is 5.92. The number of anilines is 1. The Balaban J connectivity index is 1.48. The van der Waals surface area contributed by atoms with Crippen LogP contribution in [0.15, 0.2) is 0 Å². The molecule has 0 aromatic carbocycles. The summed E-state index contributed by atoms with van der Waals surface area (Å²) in [7, 11) is 0. The molecule has 1 aromatic rings. The van der Waals surface area contributed by atoms with Gasteiger partial charge in [-0.05, 0) is 38.0 Å². The van der Waals surface area contributed by atoms with Crippen molar-refractivity contribution in [1.82, 2.24) is 4.98 Å². The Kier molecular flexibility index (Phi) is 5.28. The van der Waals surface area contributed by atoms with Gasteiger partial charge in [0.2, 0.25) is 5.91 Å². The monoisotopic (exact) mass is 306 g/mol. The number of aromatic nitrogens is 1. The first-order valence-electron chi connectivity index (χ1n) is 8.59. The van der Waals surface area contributed by atoms with Gasteiger partial charge in [-0.3, -0.25) is 4.79 Å². The molecule has 0 unspecified atom stereocenters. The molecule has 1 amide bonds. The fourth-order valence-corrected chi connectivity index (χ4v) is 4.64. The number of nitrogens with one attached hydrogen (secondary N) is 1. The van der Waals surface area contributed by atoms with Crippen molar-refractivity contribution in [1.29, 1.82) is 0 Å². The average Bonchev–Trinajstić information content (AvgIpc) is 2.75. The van der Waals surface area contributed by atoms with Crippen LogP contribution in [0.3, 0.4) is 0 Å². The molecular formula is C17H26N2OS. The summed E-state index contributed by atoms with van der Waals surface area (Å²) in [4.78, 5) is 18.1. The number of carbonyl (C=O) groups excluding carboxylic acids is 1. The number of carbonyl (C=O) groups is 1. The van der Waals surface area contributed by atoms with Crippen LogP contribution in [0.25, 0.3) is 0 Å². The molecule has 0 atom stereocenters. The van der Waals surface area contributed by atoms with Crippen molar-refractivity contribution in [3.63, 3.8) is 0 Å². The summed E-state index contributed by atoms with van der Waals surface area (Å²) in [5, 5.41) is 3.86. The van der Waals surface area contributed by atoms with E-state index in [9.17, 15) is 4.79 Å². The van der Waals surface area contributed by atoms with Crippen molar-refractivity contribution >= 4 is 22.4 Å². The molecular weight excluding hydrogens is 280 g/mol. The SMILES string of the molecule is O=C(CCC1CCCCC1)Nc1nc2c(s1)CCCCC2. The lowest BCUT2D eigenvalue weighted by Gasteiger charge is -2.20. The summed E-state index contributed by atoms with van der Waals surface area (Å²) in [6, 6.07) is 0. The smallest absolute Gasteiger partial charge is 0.226 e. The van der Waals surface area contributed by atoms with Crippen LogP contribution in [0, 0.1) is 5.92 Å². The van der Waals surface area contributed by atoms with Gasteiger partial charge in [-0.2, -0.15) is 0 Å². The minimum absolute atomic E-state index is 0.157. The highest BCUT2D eigenvalue weighted by molar-refractivity contribution is 7.15. The number of hydrogen-bond acceptors (Lipinski definition) is 3. The second-order valence-electron chi connectivity index (χ2n) is 6.54. The van der Waals surface area contributed by atoms with Gasteiger partial charge in [0.15, 0.2) is 5.13 Å². The topological polar surface area (TPSA) is 42.0 Å². The van der Waals surface area contributed by atoms with Gasteiger partial charge >= 0.3 is 0 Å². The predicted molar refractivity (Wildman–Crippen MR) is 87.8 cm³/mol. The molecule has 0 aliphatic heterocycles. The van der Waals surface area contributed by atoms with Crippen molar-refractivity contribution in [2.75, 3.05) is 5.32 Å². The van der Waals surface area contributed by atoms with E-state index in [1.807, 2.05) is 0 Å². The summed E-state index contributed by atoms with van der Waals surface area (Å²) < 4.78 is 0. The summed E-state index contributed by atoms with van der Waals surface area (Å²) in [6.07, 6.45) is 14.5. The lowest BCUT2D eigenvalue weighted by atomic mass is 9.86. The lowest BCUT2D eigenvalue weighted by molar-refractivity contribution is -0.116. The highest BCUT2D eigenvalue weighted by atomic mass is 32.1. The molecule has 1 aromatic heterocycles. The number of hydrogen-bond donors (Lipinski definition) is 1. The zero-order valence-corrected chi connectivity index (χ0v) is 13.6. The highest BCUT2D eigenvalue weighted by Crippen LogP contribution is 2.30. The first-order valence-corrected chi connectivity index (χ1v) is 9.41. The van der Waals surface area contributed by atoms with Crippen LogP contribution in [0.1, 0.15) is 74.8 Å². The summed E-state index contributed by atoms with van der Waals surface area (Å²) in [5.41, 5.74) is 1.24. The Morgan fingerprint density at radius 3 is 2.71 bits per heavy atom. The maximum absolute atomic E-state index is 12.1. The number of rotatable bonds is 4. The predicted octanol–water partition coefficient (Wildman–Crippen LogP) is 4.71. The quantitative estimate of drug-likeness (QED) is 0.818. The van der Waals surface area contributed by atoms with E-state index < -0.39 is 0 Å². The Morgan fingerprint density at radius 1 is 1.10 bits per heavy atom. The maximum atomic E-state index is 12.1. The van der Waals surface area contributed by atoms with Gasteiger partial charge in [0.25, 0.3) is 0 Å². The van der Waals surface area contributed by atoms with E-state index in [-0.39, 0.29) is 5.91 Å². The van der Waals surface area contributed by atoms with Crippen molar-refractivity contribution < 1.29 is 4.79 Å². The molecule has 1 heterocycles. The molecule has 21 heavy (non-hydrogen) atoms. The van der Waals surface area contributed by atoms with Crippen LogP contribution in [-0.2, 0) is 17.6 Å². The number of fused-ring (bicyclic) bond motifs is 1. The van der Waals surface area contributed by atoms with E-state index in [4.69, 9.17) is 0 Å². The van der Waals surface area contributed by atoms with Crippen LogP contribution in [0.5, 0.6) is 0 Å². The Morgan fingerprint density at radius 2 is 1.86 bits per heavy atom. The zero-order chi connectivity index (χ0) is 14.5. The molecule has 1 fully saturated rings. The van der Waals surface area contributed by atoms with E-state index in [1.165, 1.54) is 61.9 Å². The third-order valence-electron chi connectivity index (χ3n) is 4.85. The fraction of sp³-hybridized carbons (Fsp3) is 0.765. The molecule has 3 rings (SSSR count). The number of nitrogens with zero attached hydrogens (tertiary/aromatic N) is 1. The van der Waals surface area contributed by atoms with Crippen LogP contribution >= 0.6 is 11.3 Å². The van der Waals surface area contributed by atoms with E-state index >= 15 is 0 Å². The molecule has 1 N–H and O–H groups in total. The first kappa shape index (κ1) is 15.0. The minimum atomic E-state index is 0.157. The van der Waals surface area contributed by atoms with Crippen molar-refractivity contribution in [2.45, 2.75) is 77.0 Å². The molecule has 0 spiro atoms. The third kappa shape index (κ3) is 4.29. The van der Waals surface area contributed by atoms with Gasteiger partial charge < -0.3 is 5.32 Å². The van der Waals surface area contributed by atoms with Crippen molar-refractivity contribution in [3.05, 3.63) is 10.6 Å². The Hall–Kier alpha value is -0.900. The average molecular weight is 306 g/mol. The van der Waals surface area contributed by atoms with Crippen LogP contribution in [0.4, 0.5) is 5.13 Å². The zero-order valence-electron chi connectivity index (χ0n) is 12.8. The number of aryl methyl sites for hydroxylation is 2. The molecule has 1 saturated carbocycles. The van der Waals surface area contributed by atoms with E-state index in [0.717, 1.165) is 30.3 Å². The molecule has 116 valence electrons. The van der Waals surface area contributed by atoms with Gasteiger partial charge in [-0.1, -0.05) is 38.5 Å². The molecule has 0 saturated heterocycles. The van der Waals surface area contributed by atoms with E-state index in [2.05, 4.69) is 10.3 Å². The number of thiazole rings is 1. The summed E-state index contributed by atoms with van der Waals surface area (Å²) in [5.74, 6) is 0.932. The standard InChI is InChI=1S/C17H26N2OS/c20-16(12-11-13-7-3-1-4-8-13)19-17-18-14-9-5-2-6-10-15(14)21-17/h13H,1-12H2,(H,18,19,20). The Labute approximate surface area is 131 Å². The normalized spacial score (nSPS) is 19.8. The molecule has 0 bridgehead atoms. The maximum Gasteiger partial charge on any atom is 0.226 e. The minimum Gasteiger partial charge on any atom is -0.302 e. The molecule has 0 radical (unpaired) electrons. The van der Waals surface area contributed by atoms with Crippen molar-refractivity contribution in [3.8, 4) is 0 Å². The van der Waals surface area contributed by atoms with Gasteiger partial charge in [-0.15, -0.1) is 11.3 Å². The lowest BCUT2D eigenvalue weighted by Crippen LogP contribution is -2.14. The van der Waals surface area contributed by atoms with Crippen molar-refractivity contribution in [2.24, 2.45) is 5.92 Å². The van der Waals surface area contributed by atoms with Crippen LogP contribution in [0.2, 0.25) is 0 Å². The largest absolute Gasteiger partial charge is 0.302 e. The second kappa shape index (κ2) is 7.39. The summed E-state index contributed by atoms with van der Waals surface area (Å²) in [6.45, 7) is 0. The highest BCUT2D eigenvalue weighted by Gasteiger charge is 2.17.